The summed E-state index contributed by atoms with van der Waals surface area (Å²) in [6, 6.07) is 1.06. The molecular weight excluding hydrogens is 231 g/mol. The van der Waals surface area contributed by atoms with Gasteiger partial charge in [0.2, 0.25) is 0 Å². The van der Waals surface area contributed by atoms with Crippen molar-refractivity contribution >= 4 is 0 Å². The molecular formula is C12H14F3NO. The van der Waals surface area contributed by atoms with E-state index in [9.17, 15) is 13.2 Å². The number of nitrogens with zero attached hydrogens (tertiary/aromatic N) is 1. The molecule has 94 valence electrons. The van der Waals surface area contributed by atoms with Crippen LogP contribution in [0.3, 0.4) is 0 Å². The average molecular weight is 245 g/mol. The maximum Gasteiger partial charge on any atom is 0.418 e. The van der Waals surface area contributed by atoms with Gasteiger partial charge in [-0.2, -0.15) is 13.2 Å². The molecule has 17 heavy (non-hydrogen) atoms. The van der Waals surface area contributed by atoms with Crippen LogP contribution in [0.2, 0.25) is 0 Å². The van der Waals surface area contributed by atoms with Crippen molar-refractivity contribution in [2.75, 3.05) is 0 Å². The Bertz CT molecular complexity index is 411. The van der Waals surface area contributed by atoms with Crippen LogP contribution in [0.4, 0.5) is 13.2 Å². The molecule has 0 N–H and O–H groups in total. The maximum atomic E-state index is 12.6. The fourth-order valence-corrected chi connectivity index (χ4v) is 1.50. The Morgan fingerprint density at radius 3 is 2.47 bits per heavy atom. The highest BCUT2D eigenvalue weighted by molar-refractivity contribution is 5.35. The number of halogens is 3. The Hall–Kier alpha value is -1.26. The lowest BCUT2D eigenvalue weighted by atomic mass is 10.1. The Labute approximate surface area is 97.8 Å². The van der Waals surface area contributed by atoms with E-state index >= 15 is 0 Å². The van der Waals surface area contributed by atoms with Crippen molar-refractivity contribution in [1.82, 2.24) is 4.98 Å². The highest BCUT2D eigenvalue weighted by Crippen LogP contribution is 2.36. The number of rotatable bonds is 3. The third kappa shape index (κ3) is 2.90. The quantitative estimate of drug-likeness (QED) is 0.808. The largest absolute Gasteiger partial charge is 0.488 e. The first-order valence-corrected chi connectivity index (χ1v) is 5.61. The zero-order chi connectivity index (χ0) is 12.6. The van der Waals surface area contributed by atoms with E-state index in [4.69, 9.17) is 4.74 Å². The third-order valence-corrected chi connectivity index (χ3v) is 2.57. The van der Waals surface area contributed by atoms with Crippen LogP contribution in [0.1, 0.15) is 43.9 Å². The van der Waals surface area contributed by atoms with Crippen molar-refractivity contribution in [2.45, 2.75) is 44.9 Å². The molecule has 0 aromatic carbocycles. The minimum absolute atomic E-state index is 0.0473. The summed E-state index contributed by atoms with van der Waals surface area (Å²) in [6.45, 7) is 3.77. The molecule has 1 fully saturated rings. The summed E-state index contributed by atoms with van der Waals surface area (Å²) in [7, 11) is 0. The van der Waals surface area contributed by atoms with Gasteiger partial charge in [-0.1, -0.05) is 13.8 Å². The average Bonchev–Trinajstić information content (AvgIpc) is 2.99. The summed E-state index contributed by atoms with van der Waals surface area (Å²) in [4.78, 5) is 3.88. The Morgan fingerprint density at radius 1 is 1.35 bits per heavy atom. The molecule has 0 aliphatic heterocycles. The Balaban J connectivity index is 2.34. The molecule has 1 aliphatic carbocycles. The van der Waals surface area contributed by atoms with Gasteiger partial charge in [0.05, 0.1) is 17.4 Å². The highest BCUT2D eigenvalue weighted by Gasteiger charge is 2.33. The second-order valence-corrected chi connectivity index (χ2v) is 4.58. The van der Waals surface area contributed by atoms with Crippen LogP contribution in [0.15, 0.2) is 12.3 Å². The van der Waals surface area contributed by atoms with Crippen molar-refractivity contribution in [2.24, 2.45) is 0 Å². The summed E-state index contributed by atoms with van der Waals surface area (Å²) in [5, 5.41) is 0. The van der Waals surface area contributed by atoms with Gasteiger partial charge in [-0.3, -0.25) is 4.98 Å². The van der Waals surface area contributed by atoms with E-state index in [0.717, 1.165) is 25.1 Å². The molecule has 2 rings (SSSR count). The number of alkyl halides is 3. The van der Waals surface area contributed by atoms with E-state index in [1.54, 1.807) is 0 Å². The molecule has 0 atom stereocenters. The van der Waals surface area contributed by atoms with Gasteiger partial charge >= 0.3 is 6.18 Å². The lowest BCUT2D eigenvalue weighted by Crippen LogP contribution is -2.09. The van der Waals surface area contributed by atoms with Crippen LogP contribution < -0.4 is 4.74 Å². The fraction of sp³-hybridized carbons (Fsp3) is 0.583. The highest BCUT2D eigenvalue weighted by atomic mass is 19.4. The molecule has 1 aliphatic rings. The van der Waals surface area contributed by atoms with Gasteiger partial charge in [-0.15, -0.1) is 0 Å². The van der Waals surface area contributed by atoms with E-state index in [1.807, 2.05) is 13.8 Å². The first kappa shape index (κ1) is 12.2. The molecule has 2 nitrogen and oxygen atoms in total. The third-order valence-electron chi connectivity index (χ3n) is 2.57. The van der Waals surface area contributed by atoms with Gasteiger partial charge in [0, 0.05) is 6.20 Å². The molecule has 0 radical (unpaired) electrons. The number of pyridine rings is 1. The first-order chi connectivity index (χ1) is 7.88. The van der Waals surface area contributed by atoms with Crippen LogP contribution in [0.5, 0.6) is 5.75 Å². The topological polar surface area (TPSA) is 22.1 Å². The van der Waals surface area contributed by atoms with Gasteiger partial charge < -0.3 is 4.74 Å². The normalized spacial score (nSPS) is 16.4. The molecule has 1 aromatic heterocycles. The predicted molar refractivity (Wildman–Crippen MR) is 57.0 cm³/mol. The van der Waals surface area contributed by atoms with Crippen LogP contribution in [0.25, 0.3) is 0 Å². The summed E-state index contributed by atoms with van der Waals surface area (Å²) < 4.78 is 43.2. The predicted octanol–water partition coefficient (Wildman–Crippen LogP) is 3.77. The van der Waals surface area contributed by atoms with Crippen molar-refractivity contribution in [3.05, 3.63) is 23.5 Å². The van der Waals surface area contributed by atoms with E-state index in [1.165, 1.54) is 0 Å². The van der Waals surface area contributed by atoms with Crippen molar-refractivity contribution in [3.8, 4) is 5.75 Å². The van der Waals surface area contributed by atoms with Crippen molar-refractivity contribution in [3.63, 3.8) is 0 Å². The van der Waals surface area contributed by atoms with Gasteiger partial charge in [0.25, 0.3) is 0 Å². The molecule has 0 unspecified atom stereocenters. The molecule has 0 amide bonds. The first-order valence-electron chi connectivity index (χ1n) is 5.61. The van der Waals surface area contributed by atoms with E-state index < -0.39 is 11.7 Å². The molecule has 1 saturated carbocycles. The summed E-state index contributed by atoms with van der Waals surface area (Å²) >= 11 is 0. The zero-order valence-corrected chi connectivity index (χ0v) is 9.71. The van der Waals surface area contributed by atoms with Crippen molar-refractivity contribution < 1.29 is 17.9 Å². The second kappa shape index (κ2) is 4.20. The van der Waals surface area contributed by atoms with Gasteiger partial charge in [-0.05, 0) is 24.8 Å². The summed E-state index contributed by atoms with van der Waals surface area (Å²) in [6.07, 6.45) is -1.61. The zero-order valence-electron chi connectivity index (χ0n) is 9.71. The lowest BCUT2D eigenvalue weighted by Gasteiger charge is -2.15. The SMILES string of the molecule is CC(C)c1ncc(C(F)(F)F)cc1OC1CC1. The number of hydrogen-bond acceptors (Lipinski definition) is 2. The summed E-state index contributed by atoms with van der Waals surface area (Å²) in [5.74, 6) is 0.323. The van der Waals surface area contributed by atoms with E-state index in [2.05, 4.69) is 4.98 Å². The lowest BCUT2D eigenvalue weighted by molar-refractivity contribution is -0.138. The molecule has 1 heterocycles. The molecule has 1 aromatic rings. The number of hydrogen-bond donors (Lipinski definition) is 0. The van der Waals surface area contributed by atoms with Gasteiger partial charge in [0.15, 0.2) is 0 Å². The molecule has 0 bridgehead atoms. The monoisotopic (exact) mass is 245 g/mol. The van der Waals surface area contributed by atoms with Crippen LogP contribution in [-0.2, 0) is 6.18 Å². The van der Waals surface area contributed by atoms with E-state index in [-0.39, 0.29) is 17.8 Å². The summed E-state index contributed by atoms with van der Waals surface area (Å²) in [5.41, 5.74) is -0.164. The smallest absolute Gasteiger partial charge is 0.418 e. The Morgan fingerprint density at radius 2 is 2.00 bits per heavy atom. The molecule has 0 saturated heterocycles. The molecule has 0 spiro atoms. The molecule has 5 heteroatoms. The number of ether oxygens (including phenoxy) is 1. The second-order valence-electron chi connectivity index (χ2n) is 4.58. The van der Waals surface area contributed by atoms with Crippen molar-refractivity contribution in [1.29, 1.82) is 0 Å². The minimum Gasteiger partial charge on any atom is -0.488 e. The van der Waals surface area contributed by atoms with Crippen LogP contribution in [0, 0.1) is 0 Å². The fourth-order valence-electron chi connectivity index (χ4n) is 1.50. The van der Waals surface area contributed by atoms with Gasteiger partial charge in [0.1, 0.15) is 5.75 Å². The minimum atomic E-state index is -4.37. The number of aromatic nitrogens is 1. The maximum absolute atomic E-state index is 12.6. The standard InChI is InChI=1S/C12H14F3NO/c1-7(2)11-10(17-9-3-4-9)5-8(6-16-11)12(13,14)15/h5-7,9H,3-4H2,1-2H3. The van der Waals surface area contributed by atoms with E-state index in [0.29, 0.717) is 5.69 Å². The Kier molecular flexibility index (Phi) is 3.02. The van der Waals surface area contributed by atoms with Crippen LogP contribution >= 0.6 is 0 Å². The van der Waals surface area contributed by atoms with Crippen LogP contribution in [-0.4, -0.2) is 11.1 Å². The van der Waals surface area contributed by atoms with Gasteiger partial charge in [-0.25, -0.2) is 0 Å².